The maximum Gasteiger partial charge on any atom is 0.200 e. The van der Waals surface area contributed by atoms with Gasteiger partial charge in [-0.1, -0.05) is 12.1 Å². The molecule has 4 rings (SSSR count). The average Bonchev–Trinajstić information content (AvgIpc) is 2.63. The van der Waals surface area contributed by atoms with Crippen LogP contribution in [0.25, 0.3) is 11.1 Å². The number of hydrogen-bond acceptors (Lipinski definition) is 7. The SMILES string of the molecule is Nc1ccc(O)c2c1C(=O)c1c(O)cc(-c3ccc(O)cc3)c(N)c1C2=O. The number of phenolic OH excluding ortho intramolecular Hbond substituents is 3. The van der Waals surface area contributed by atoms with Gasteiger partial charge in [0, 0.05) is 11.3 Å². The minimum absolute atomic E-state index is 0.0145. The molecule has 0 amide bonds. The zero-order chi connectivity index (χ0) is 19.5. The van der Waals surface area contributed by atoms with Gasteiger partial charge in [0.25, 0.3) is 0 Å². The summed E-state index contributed by atoms with van der Waals surface area (Å²) < 4.78 is 0. The summed E-state index contributed by atoms with van der Waals surface area (Å²) in [7, 11) is 0. The summed E-state index contributed by atoms with van der Waals surface area (Å²) >= 11 is 0. The molecule has 7 N–H and O–H groups in total. The zero-order valence-electron chi connectivity index (χ0n) is 13.9. The molecular formula is C20H14N2O5. The number of ketones is 2. The number of rotatable bonds is 1. The largest absolute Gasteiger partial charge is 0.508 e. The number of nitrogen functional groups attached to an aromatic ring is 2. The van der Waals surface area contributed by atoms with E-state index in [1.165, 1.54) is 30.3 Å². The number of aromatic hydroxyl groups is 3. The summed E-state index contributed by atoms with van der Waals surface area (Å²) in [5.41, 5.74) is 12.0. The second-order valence-electron chi connectivity index (χ2n) is 6.24. The Bertz CT molecular complexity index is 1150. The number of carbonyl (C=O) groups is 2. The van der Waals surface area contributed by atoms with Crippen molar-refractivity contribution in [2.75, 3.05) is 11.5 Å². The zero-order valence-corrected chi connectivity index (χ0v) is 13.9. The van der Waals surface area contributed by atoms with E-state index >= 15 is 0 Å². The molecule has 7 nitrogen and oxygen atoms in total. The number of phenols is 3. The predicted octanol–water partition coefficient (Wildman–Crippen LogP) is 2.41. The number of benzene rings is 3. The van der Waals surface area contributed by atoms with Gasteiger partial charge >= 0.3 is 0 Å². The van der Waals surface area contributed by atoms with Crippen LogP contribution >= 0.6 is 0 Å². The first-order valence-corrected chi connectivity index (χ1v) is 7.97. The molecule has 0 unspecified atom stereocenters. The summed E-state index contributed by atoms with van der Waals surface area (Å²) in [5.74, 6) is -2.15. The third-order valence-corrected chi connectivity index (χ3v) is 4.65. The van der Waals surface area contributed by atoms with Gasteiger partial charge in [0.1, 0.15) is 17.2 Å². The summed E-state index contributed by atoms with van der Waals surface area (Å²) in [6.45, 7) is 0. The van der Waals surface area contributed by atoms with E-state index in [1.54, 1.807) is 12.1 Å². The van der Waals surface area contributed by atoms with Gasteiger partial charge in [0.15, 0.2) is 0 Å². The predicted molar refractivity (Wildman–Crippen MR) is 99.0 cm³/mol. The molecule has 0 atom stereocenters. The second kappa shape index (κ2) is 5.50. The highest BCUT2D eigenvalue weighted by molar-refractivity contribution is 6.33. The van der Waals surface area contributed by atoms with Crippen molar-refractivity contribution in [2.45, 2.75) is 0 Å². The maximum absolute atomic E-state index is 13.0. The Kier molecular flexibility index (Phi) is 3.35. The molecule has 1 aliphatic rings. The van der Waals surface area contributed by atoms with Gasteiger partial charge in [-0.15, -0.1) is 0 Å². The van der Waals surface area contributed by atoms with Crippen molar-refractivity contribution in [1.82, 2.24) is 0 Å². The Balaban J connectivity index is 2.04. The quantitative estimate of drug-likeness (QED) is 0.258. The Morgan fingerprint density at radius 1 is 0.667 bits per heavy atom. The Hall–Kier alpha value is -4.00. The van der Waals surface area contributed by atoms with Crippen molar-refractivity contribution in [3.05, 3.63) is 64.7 Å². The lowest BCUT2D eigenvalue weighted by Crippen LogP contribution is -2.24. The number of carbonyl (C=O) groups excluding carboxylic acids is 2. The number of fused-ring (bicyclic) bond motifs is 2. The monoisotopic (exact) mass is 362 g/mol. The summed E-state index contributed by atoms with van der Waals surface area (Å²) in [6, 6.07) is 9.81. The molecule has 3 aromatic rings. The van der Waals surface area contributed by atoms with E-state index in [-0.39, 0.29) is 39.4 Å². The standard InChI is InChI=1S/C20H14N2O5/c21-11-5-6-12(24)15-14(11)19(26)16-13(25)7-10(18(22)17(16)20(15)27)8-1-3-9(23)4-2-8/h1-7,23-25H,21-22H2. The fourth-order valence-electron chi connectivity index (χ4n) is 3.36. The van der Waals surface area contributed by atoms with Crippen LogP contribution in [-0.4, -0.2) is 26.9 Å². The van der Waals surface area contributed by atoms with Crippen LogP contribution in [0.3, 0.4) is 0 Å². The lowest BCUT2D eigenvalue weighted by atomic mass is 9.80. The molecular weight excluding hydrogens is 348 g/mol. The van der Waals surface area contributed by atoms with E-state index in [0.717, 1.165) is 0 Å². The normalized spacial score (nSPS) is 12.6. The van der Waals surface area contributed by atoms with E-state index in [1.807, 2.05) is 0 Å². The topological polar surface area (TPSA) is 147 Å². The van der Waals surface area contributed by atoms with Crippen LogP contribution in [0.4, 0.5) is 11.4 Å². The van der Waals surface area contributed by atoms with Crippen molar-refractivity contribution < 1.29 is 24.9 Å². The minimum atomic E-state index is -0.696. The fraction of sp³-hybridized carbons (Fsp3) is 0. The van der Waals surface area contributed by atoms with Crippen LogP contribution in [-0.2, 0) is 0 Å². The van der Waals surface area contributed by atoms with Gasteiger partial charge < -0.3 is 26.8 Å². The number of nitrogens with two attached hydrogens (primary N) is 2. The van der Waals surface area contributed by atoms with Crippen LogP contribution in [0.5, 0.6) is 17.2 Å². The molecule has 134 valence electrons. The van der Waals surface area contributed by atoms with E-state index in [2.05, 4.69) is 0 Å². The van der Waals surface area contributed by atoms with E-state index in [9.17, 15) is 24.9 Å². The summed E-state index contributed by atoms with van der Waals surface area (Å²) in [4.78, 5) is 25.9. The van der Waals surface area contributed by atoms with Gasteiger partial charge in [-0.05, 0) is 35.9 Å². The van der Waals surface area contributed by atoms with Gasteiger partial charge in [0.2, 0.25) is 11.6 Å². The van der Waals surface area contributed by atoms with Gasteiger partial charge in [-0.3, -0.25) is 9.59 Å². The molecule has 0 bridgehead atoms. The molecule has 0 aliphatic heterocycles. The molecule has 0 radical (unpaired) electrons. The van der Waals surface area contributed by atoms with Crippen molar-refractivity contribution >= 4 is 22.9 Å². The molecule has 0 spiro atoms. The molecule has 0 saturated heterocycles. The lowest BCUT2D eigenvalue weighted by molar-refractivity contribution is 0.0975. The molecule has 0 aromatic heterocycles. The van der Waals surface area contributed by atoms with E-state index in [4.69, 9.17) is 11.5 Å². The van der Waals surface area contributed by atoms with Gasteiger partial charge in [0.05, 0.1) is 27.9 Å². The molecule has 0 saturated carbocycles. The highest BCUT2D eigenvalue weighted by Crippen LogP contribution is 2.44. The van der Waals surface area contributed by atoms with E-state index < -0.39 is 23.1 Å². The fourth-order valence-corrected chi connectivity index (χ4v) is 3.36. The highest BCUT2D eigenvalue weighted by Gasteiger charge is 2.38. The molecule has 0 fully saturated rings. The van der Waals surface area contributed by atoms with Gasteiger partial charge in [-0.25, -0.2) is 0 Å². The Labute approximate surface area is 153 Å². The first kappa shape index (κ1) is 16.5. The smallest absolute Gasteiger partial charge is 0.200 e. The Morgan fingerprint density at radius 2 is 1.26 bits per heavy atom. The molecule has 27 heavy (non-hydrogen) atoms. The van der Waals surface area contributed by atoms with Crippen molar-refractivity contribution in [3.63, 3.8) is 0 Å². The van der Waals surface area contributed by atoms with Crippen LogP contribution in [0.2, 0.25) is 0 Å². The Morgan fingerprint density at radius 3 is 1.93 bits per heavy atom. The summed E-state index contributed by atoms with van der Waals surface area (Å²) in [6.07, 6.45) is 0. The molecule has 3 aromatic carbocycles. The molecule has 7 heteroatoms. The van der Waals surface area contributed by atoms with Crippen molar-refractivity contribution in [1.29, 1.82) is 0 Å². The van der Waals surface area contributed by atoms with Crippen molar-refractivity contribution in [3.8, 4) is 28.4 Å². The maximum atomic E-state index is 13.0. The lowest BCUT2D eigenvalue weighted by Gasteiger charge is -2.23. The third kappa shape index (κ3) is 2.22. The van der Waals surface area contributed by atoms with E-state index in [0.29, 0.717) is 11.1 Å². The van der Waals surface area contributed by atoms with Crippen molar-refractivity contribution in [2.24, 2.45) is 0 Å². The van der Waals surface area contributed by atoms with Crippen LogP contribution in [0.1, 0.15) is 31.8 Å². The molecule has 1 aliphatic carbocycles. The van der Waals surface area contributed by atoms with Crippen LogP contribution < -0.4 is 11.5 Å². The van der Waals surface area contributed by atoms with Crippen LogP contribution in [0, 0.1) is 0 Å². The first-order valence-electron chi connectivity index (χ1n) is 7.97. The first-order chi connectivity index (χ1) is 12.8. The van der Waals surface area contributed by atoms with Crippen LogP contribution in [0.15, 0.2) is 42.5 Å². The molecule has 0 heterocycles. The summed E-state index contributed by atoms with van der Waals surface area (Å²) in [5, 5.41) is 30.0. The number of anilines is 2. The average molecular weight is 362 g/mol. The highest BCUT2D eigenvalue weighted by atomic mass is 16.3. The second-order valence-corrected chi connectivity index (χ2v) is 6.24. The minimum Gasteiger partial charge on any atom is -0.508 e. The van der Waals surface area contributed by atoms with Gasteiger partial charge in [-0.2, -0.15) is 0 Å². The number of hydrogen-bond donors (Lipinski definition) is 5. The third-order valence-electron chi connectivity index (χ3n) is 4.65.